The zero-order valence-electron chi connectivity index (χ0n) is 23.5. The van der Waals surface area contributed by atoms with E-state index in [0.29, 0.717) is 43.2 Å². The first-order valence-corrected chi connectivity index (χ1v) is 14.1. The molecule has 1 fully saturated rings. The van der Waals surface area contributed by atoms with E-state index in [4.69, 9.17) is 0 Å². The maximum absolute atomic E-state index is 13.4. The molecule has 1 saturated heterocycles. The Kier molecular flexibility index (Phi) is 7.91. The molecule has 2 amide bonds. The lowest BCUT2D eigenvalue weighted by molar-refractivity contribution is -0.135. The molecule has 0 spiro atoms. The molecule has 0 aliphatic carbocycles. The number of anilines is 2. The van der Waals surface area contributed by atoms with Crippen LogP contribution in [-0.2, 0) is 4.79 Å². The molecule has 12 heteroatoms. The van der Waals surface area contributed by atoms with Crippen molar-refractivity contribution in [3.05, 3.63) is 84.5 Å². The molecule has 4 heterocycles. The average Bonchev–Trinajstić information content (AvgIpc) is 3.46. The van der Waals surface area contributed by atoms with E-state index in [1.165, 1.54) is 12.1 Å². The lowest BCUT2D eigenvalue weighted by atomic mass is 10.0. The van der Waals surface area contributed by atoms with Crippen LogP contribution in [-0.4, -0.2) is 75.3 Å². The minimum Gasteiger partial charge on any atom is -0.435 e. The molecule has 2 aliphatic rings. The van der Waals surface area contributed by atoms with Gasteiger partial charge in [0.25, 0.3) is 5.91 Å². The maximum atomic E-state index is 13.4. The van der Waals surface area contributed by atoms with Crippen LogP contribution in [0.5, 0.6) is 5.75 Å². The number of hydrogen-bond donors (Lipinski definition) is 2. The molecule has 43 heavy (non-hydrogen) atoms. The lowest BCUT2D eigenvalue weighted by Crippen LogP contribution is -2.52. The highest BCUT2D eigenvalue weighted by atomic mass is 19.3. The van der Waals surface area contributed by atoms with Crippen LogP contribution in [0, 0.1) is 12.8 Å². The number of benzene rings is 2. The van der Waals surface area contributed by atoms with Crippen molar-refractivity contribution in [1.29, 1.82) is 0 Å². The summed E-state index contributed by atoms with van der Waals surface area (Å²) in [5.74, 6) is 0.579. The smallest absolute Gasteiger partial charge is 0.387 e. The van der Waals surface area contributed by atoms with E-state index in [1.807, 2.05) is 40.6 Å². The first-order chi connectivity index (χ1) is 20.9. The molecule has 4 aromatic rings. The van der Waals surface area contributed by atoms with Gasteiger partial charge in [-0.25, -0.2) is 9.97 Å². The van der Waals surface area contributed by atoms with Crippen LogP contribution in [0.2, 0.25) is 0 Å². The van der Waals surface area contributed by atoms with E-state index in [9.17, 15) is 18.4 Å². The first-order valence-electron chi connectivity index (χ1n) is 14.1. The Morgan fingerprint density at radius 2 is 1.81 bits per heavy atom. The predicted molar refractivity (Wildman–Crippen MR) is 157 cm³/mol. The van der Waals surface area contributed by atoms with Crippen molar-refractivity contribution in [3.63, 3.8) is 0 Å². The monoisotopic (exact) mass is 587 g/mol. The van der Waals surface area contributed by atoms with Gasteiger partial charge in [0.1, 0.15) is 5.75 Å². The molecule has 0 radical (unpaired) electrons. The summed E-state index contributed by atoms with van der Waals surface area (Å²) in [5.41, 5.74) is 4.29. The molecule has 222 valence electrons. The van der Waals surface area contributed by atoms with Gasteiger partial charge in [-0.15, -0.1) is 0 Å². The number of carbonyl (C=O) groups excluding carboxylic acids is 2. The summed E-state index contributed by atoms with van der Waals surface area (Å²) < 4.78 is 31.3. The Morgan fingerprint density at radius 3 is 2.51 bits per heavy atom. The number of hydrogen-bond acceptors (Lipinski definition) is 7. The lowest BCUT2D eigenvalue weighted by Gasteiger charge is -2.36. The highest BCUT2D eigenvalue weighted by Gasteiger charge is 2.29. The minimum atomic E-state index is -2.88. The fourth-order valence-electron chi connectivity index (χ4n) is 5.49. The van der Waals surface area contributed by atoms with Crippen LogP contribution in [0.3, 0.4) is 0 Å². The van der Waals surface area contributed by atoms with Gasteiger partial charge in [0.05, 0.1) is 17.8 Å². The molecule has 1 unspecified atom stereocenters. The van der Waals surface area contributed by atoms with Crippen molar-refractivity contribution in [3.8, 4) is 17.0 Å². The number of nitrogens with one attached hydrogen (secondary N) is 2. The number of imidazole rings is 1. The van der Waals surface area contributed by atoms with Crippen molar-refractivity contribution in [1.82, 2.24) is 29.5 Å². The number of piperazine rings is 1. The molecule has 0 bridgehead atoms. The Bertz CT molecular complexity index is 1660. The molecule has 1 atom stereocenters. The molecule has 0 saturated carbocycles. The zero-order valence-corrected chi connectivity index (χ0v) is 23.5. The molecular weight excluding hydrogens is 556 g/mol. The van der Waals surface area contributed by atoms with Gasteiger partial charge in [0, 0.05) is 61.9 Å². The molecule has 2 aromatic heterocycles. The van der Waals surface area contributed by atoms with Crippen LogP contribution < -0.4 is 15.4 Å². The van der Waals surface area contributed by atoms with E-state index < -0.39 is 6.61 Å². The Hall–Kier alpha value is -5.00. The fraction of sp³-hybridized carbons (Fsp3) is 0.290. The van der Waals surface area contributed by atoms with Gasteiger partial charge in [0.2, 0.25) is 5.91 Å². The maximum Gasteiger partial charge on any atom is 0.387 e. The van der Waals surface area contributed by atoms with Gasteiger partial charge in [0.15, 0.2) is 11.5 Å². The van der Waals surface area contributed by atoms with Crippen LogP contribution in [0.1, 0.15) is 22.3 Å². The number of alkyl halides is 2. The topological polar surface area (TPSA) is 104 Å². The second kappa shape index (κ2) is 12.1. The minimum absolute atomic E-state index is 0.0546. The second-order valence-electron chi connectivity index (χ2n) is 10.5. The third-order valence-corrected chi connectivity index (χ3v) is 7.76. The van der Waals surface area contributed by atoms with Crippen LogP contribution >= 0.6 is 0 Å². The first kappa shape index (κ1) is 28.1. The van der Waals surface area contributed by atoms with E-state index >= 15 is 0 Å². The number of fused-ring (bicyclic) bond motifs is 1. The van der Waals surface area contributed by atoms with Crippen molar-refractivity contribution in [2.24, 2.45) is 5.92 Å². The molecule has 2 N–H and O–H groups in total. The third-order valence-electron chi connectivity index (χ3n) is 7.76. The van der Waals surface area contributed by atoms with Crippen LogP contribution in [0.4, 0.5) is 20.3 Å². The number of ether oxygens (including phenoxy) is 1. The van der Waals surface area contributed by atoms with Crippen LogP contribution in [0.15, 0.2) is 73.3 Å². The van der Waals surface area contributed by atoms with Crippen LogP contribution in [0.25, 0.3) is 16.9 Å². The quantitative estimate of drug-likeness (QED) is 0.329. The Labute approximate surface area is 247 Å². The van der Waals surface area contributed by atoms with E-state index in [2.05, 4.69) is 25.3 Å². The van der Waals surface area contributed by atoms with E-state index in [0.717, 1.165) is 35.5 Å². The summed E-state index contributed by atoms with van der Waals surface area (Å²) >= 11 is 0. The van der Waals surface area contributed by atoms with E-state index in [-0.39, 0.29) is 23.5 Å². The summed E-state index contributed by atoms with van der Waals surface area (Å²) in [5, 5.41) is 6.42. The van der Waals surface area contributed by atoms with Gasteiger partial charge in [-0.2, -0.15) is 8.78 Å². The summed E-state index contributed by atoms with van der Waals surface area (Å²) in [6.45, 7) is 1.84. The van der Waals surface area contributed by atoms with E-state index in [1.54, 1.807) is 41.7 Å². The number of amides is 2. The summed E-state index contributed by atoms with van der Waals surface area (Å²) in [7, 11) is 0. The standard InChI is InChI=1S/C31H31F2N7O3/c1-20-18-23(4-7-25(20)30(42)39-16-14-38(15-17-39)29(41)22-8-10-34-11-9-22)37-27-28-36-19-26(40(28)13-12-35-27)21-2-5-24(6-3-21)43-31(32)33/h2-8,10,12-13,18-19,22,31,34H,9,11,14-17H2,1H3,(H,35,37). The molecular formula is C31H31F2N7O3. The Morgan fingerprint density at radius 1 is 1.05 bits per heavy atom. The predicted octanol–water partition coefficient (Wildman–Crippen LogP) is 4.46. The molecule has 2 aromatic carbocycles. The fourth-order valence-corrected chi connectivity index (χ4v) is 5.49. The van der Waals surface area contributed by atoms with Gasteiger partial charge in [-0.05, 0) is 67.6 Å². The number of nitrogens with zero attached hydrogens (tertiary/aromatic N) is 5. The summed E-state index contributed by atoms with van der Waals surface area (Å²) in [6, 6.07) is 11.9. The number of aromatic nitrogens is 3. The summed E-state index contributed by atoms with van der Waals surface area (Å²) in [4.78, 5) is 38.9. The van der Waals surface area contributed by atoms with Crippen molar-refractivity contribution in [2.45, 2.75) is 20.0 Å². The third kappa shape index (κ3) is 5.99. The second-order valence-corrected chi connectivity index (χ2v) is 10.5. The zero-order chi connectivity index (χ0) is 29.9. The normalized spacial score (nSPS) is 16.8. The van der Waals surface area contributed by atoms with Gasteiger partial charge in [-0.3, -0.25) is 14.0 Å². The Balaban J connectivity index is 1.12. The largest absolute Gasteiger partial charge is 0.435 e. The number of halogens is 2. The molecule has 2 aliphatic heterocycles. The number of carbonyl (C=O) groups is 2. The van der Waals surface area contributed by atoms with Gasteiger partial charge < -0.3 is 25.2 Å². The molecule has 6 rings (SSSR count). The average molecular weight is 588 g/mol. The van der Waals surface area contributed by atoms with Gasteiger partial charge >= 0.3 is 6.61 Å². The molecule has 10 nitrogen and oxygen atoms in total. The van der Waals surface area contributed by atoms with Crippen molar-refractivity contribution in [2.75, 3.05) is 38.0 Å². The van der Waals surface area contributed by atoms with Crippen molar-refractivity contribution < 1.29 is 23.1 Å². The number of rotatable bonds is 7. The highest BCUT2D eigenvalue weighted by molar-refractivity contribution is 5.96. The highest BCUT2D eigenvalue weighted by Crippen LogP contribution is 2.28. The summed E-state index contributed by atoms with van der Waals surface area (Å²) in [6.07, 6.45) is 9.65. The number of aryl methyl sites for hydroxylation is 1. The SMILES string of the molecule is Cc1cc(Nc2nccn3c(-c4ccc(OC(F)F)cc4)cnc23)ccc1C(=O)N1CCN(C(=O)C2C=CNCC2)CC1. The van der Waals surface area contributed by atoms with Crippen molar-refractivity contribution >= 4 is 29.0 Å². The van der Waals surface area contributed by atoms with Gasteiger partial charge in [-0.1, -0.05) is 6.08 Å².